The molecule has 0 aromatic heterocycles. The number of nitriles is 2. The molecule has 1 heterocycles. The summed E-state index contributed by atoms with van der Waals surface area (Å²) in [5.41, 5.74) is 0.663. The first-order valence-corrected chi connectivity index (χ1v) is 5.36. The monoisotopic (exact) mass is 252 g/mol. The van der Waals surface area contributed by atoms with Crippen LogP contribution in [-0.2, 0) is 4.79 Å². The molecular formula is C13H8N4O2. The van der Waals surface area contributed by atoms with E-state index in [2.05, 4.69) is 5.10 Å². The molecule has 0 saturated heterocycles. The highest BCUT2D eigenvalue weighted by atomic mass is 16.4. The Balaban J connectivity index is 2.54. The number of rotatable bonds is 2. The lowest BCUT2D eigenvalue weighted by atomic mass is 10.1. The fourth-order valence-corrected chi connectivity index (χ4v) is 1.70. The lowest BCUT2D eigenvalue weighted by Crippen LogP contribution is -2.11. The van der Waals surface area contributed by atoms with Crippen molar-refractivity contribution in [3.05, 3.63) is 41.6 Å². The highest BCUT2D eigenvalue weighted by Crippen LogP contribution is 2.29. The van der Waals surface area contributed by atoms with Gasteiger partial charge in [-0.1, -0.05) is 18.2 Å². The van der Waals surface area contributed by atoms with E-state index in [9.17, 15) is 4.79 Å². The zero-order chi connectivity index (χ0) is 13.8. The first-order chi connectivity index (χ1) is 9.17. The smallest absolute Gasteiger partial charge is 0.352 e. The molecule has 6 heteroatoms. The minimum absolute atomic E-state index is 0.0410. The molecule has 0 amide bonds. The van der Waals surface area contributed by atoms with E-state index in [1.165, 1.54) is 5.01 Å². The first kappa shape index (κ1) is 12.3. The summed E-state index contributed by atoms with van der Waals surface area (Å²) in [7, 11) is 0. The number of carboxylic acid groups (broad SMARTS) is 1. The molecule has 1 aliphatic heterocycles. The third-order valence-electron chi connectivity index (χ3n) is 2.57. The lowest BCUT2D eigenvalue weighted by Gasteiger charge is -2.15. The van der Waals surface area contributed by atoms with Crippen molar-refractivity contribution in [1.82, 2.24) is 0 Å². The zero-order valence-corrected chi connectivity index (χ0v) is 9.74. The molecule has 0 unspecified atom stereocenters. The Morgan fingerprint density at radius 1 is 1.26 bits per heavy atom. The van der Waals surface area contributed by atoms with Crippen molar-refractivity contribution >= 4 is 17.4 Å². The molecule has 1 aromatic carbocycles. The molecule has 1 aliphatic rings. The molecule has 0 fully saturated rings. The maximum absolute atomic E-state index is 11.0. The Hall–Kier alpha value is -3.12. The Morgan fingerprint density at radius 2 is 1.89 bits per heavy atom. The van der Waals surface area contributed by atoms with Gasteiger partial charge in [-0.3, -0.25) is 0 Å². The second-order valence-electron chi connectivity index (χ2n) is 3.72. The summed E-state index contributed by atoms with van der Waals surface area (Å²) in [6.07, 6.45) is -0.0410. The Kier molecular flexibility index (Phi) is 3.26. The quantitative estimate of drug-likeness (QED) is 0.806. The molecule has 0 atom stereocenters. The standard InChI is InChI=1S/C13H8N4O2/c14-7-9(8-15)12-6-11(13(18)19)16-17(12)10-4-2-1-3-5-10/h1-5H,6H2,(H,18,19). The van der Waals surface area contributed by atoms with Crippen molar-refractivity contribution in [2.24, 2.45) is 5.10 Å². The van der Waals surface area contributed by atoms with Crippen molar-refractivity contribution in [3.63, 3.8) is 0 Å². The number of hydrazone groups is 1. The fourth-order valence-electron chi connectivity index (χ4n) is 1.70. The third kappa shape index (κ3) is 2.28. The van der Waals surface area contributed by atoms with E-state index in [1.54, 1.807) is 42.5 Å². The van der Waals surface area contributed by atoms with E-state index < -0.39 is 5.97 Å². The van der Waals surface area contributed by atoms with Crippen LogP contribution in [0.4, 0.5) is 5.69 Å². The Morgan fingerprint density at radius 3 is 2.42 bits per heavy atom. The zero-order valence-electron chi connectivity index (χ0n) is 9.74. The molecule has 0 spiro atoms. The maximum atomic E-state index is 11.0. The molecule has 2 rings (SSSR count). The lowest BCUT2D eigenvalue weighted by molar-refractivity contribution is -0.129. The molecule has 0 bridgehead atoms. The molecular weight excluding hydrogens is 244 g/mol. The largest absolute Gasteiger partial charge is 0.477 e. The molecule has 0 aliphatic carbocycles. The highest BCUT2D eigenvalue weighted by molar-refractivity contribution is 6.37. The van der Waals surface area contributed by atoms with Crippen LogP contribution in [0.15, 0.2) is 46.7 Å². The molecule has 92 valence electrons. The molecule has 0 saturated carbocycles. The second-order valence-corrected chi connectivity index (χ2v) is 3.72. The average Bonchev–Trinajstić information content (AvgIpc) is 2.86. The fraction of sp³-hybridized carbons (Fsp3) is 0.0769. The van der Waals surface area contributed by atoms with E-state index >= 15 is 0 Å². The number of carbonyl (C=O) groups is 1. The minimum atomic E-state index is -1.16. The third-order valence-corrected chi connectivity index (χ3v) is 2.57. The van der Waals surface area contributed by atoms with Crippen LogP contribution in [0.3, 0.4) is 0 Å². The van der Waals surface area contributed by atoms with Gasteiger partial charge in [0.2, 0.25) is 0 Å². The summed E-state index contributed by atoms with van der Waals surface area (Å²) in [4.78, 5) is 11.0. The normalized spacial score (nSPS) is 13.5. The van der Waals surface area contributed by atoms with Crippen LogP contribution in [0, 0.1) is 22.7 Å². The van der Waals surface area contributed by atoms with Gasteiger partial charge in [-0.05, 0) is 12.1 Å². The summed E-state index contributed by atoms with van der Waals surface area (Å²) in [5.74, 6) is -1.16. The van der Waals surface area contributed by atoms with Gasteiger partial charge in [0.15, 0.2) is 11.3 Å². The summed E-state index contributed by atoms with van der Waals surface area (Å²) in [6, 6.07) is 12.3. The van der Waals surface area contributed by atoms with E-state index in [4.69, 9.17) is 15.6 Å². The van der Waals surface area contributed by atoms with Gasteiger partial charge in [-0.2, -0.15) is 15.6 Å². The Bertz CT molecular complexity index is 646. The second kappa shape index (κ2) is 5.03. The number of para-hydroxylation sites is 1. The number of anilines is 1. The number of hydrogen-bond acceptors (Lipinski definition) is 5. The summed E-state index contributed by atoms with van der Waals surface area (Å²) >= 11 is 0. The van der Waals surface area contributed by atoms with Gasteiger partial charge in [-0.25, -0.2) is 9.80 Å². The van der Waals surface area contributed by atoms with Crippen LogP contribution in [0.5, 0.6) is 0 Å². The van der Waals surface area contributed by atoms with Crippen molar-refractivity contribution in [1.29, 1.82) is 10.5 Å². The summed E-state index contributed by atoms with van der Waals surface area (Å²) in [5, 5.41) is 32.1. The van der Waals surface area contributed by atoms with Gasteiger partial charge in [0.25, 0.3) is 0 Å². The van der Waals surface area contributed by atoms with Gasteiger partial charge < -0.3 is 5.11 Å². The first-order valence-electron chi connectivity index (χ1n) is 5.36. The number of benzene rings is 1. The van der Waals surface area contributed by atoms with Gasteiger partial charge in [0, 0.05) is 6.42 Å². The summed E-state index contributed by atoms with van der Waals surface area (Å²) < 4.78 is 0. The molecule has 19 heavy (non-hydrogen) atoms. The number of nitrogens with zero attached hydrogens (tertiary/aromatic N) is 4. The van der Waals surface area contributed by atoms with Crippen LogP contribution >= 0.6 is 0 Å². The van der Waals surface area contributed by atoms with Crippen molar-refractivity contribution in [3.8, 4) is 12.1 Å². The predicted molar refractivity (Wildman–Crippen MR) is 66.9 cm³/mol. The van der Waals surface area contributed by atoms with Crippen LogP contribution in [-0.4, -0.2) is 16.8 Å². The summed E-state index contributed by atoms with van der Waals surface area (Å²) in [6.45, 7) is 0. The average molecular weight is 252 g/mol. The Labute approximate surface area is 109 Å². The van der Waals surface area contributed by atoms with Gasteiger partial charge in [0.05, 0.1) is 11.4 Å². The van der Waals surface area contributed by atoms with Crippen LogP contribution in [0.1, 0.15) is 6.42 Å². The number of hydrogen-bond donors (Lipinski definition) is 1. The highest BCUT2D eigenvalue weighted by Gasteiger charge is 2.29. The minimum Gasteiger partial charge on any atom is -0.477 e. The number of carboxylic acids is 1. The van der Waals surface area contributed by atoms with Crippen molar-refractivity contribution in [2.45, 2.75) is 6.42 Å². The van der Waals surface area contributed by atoms with Crippen LogP contribution < -0.4 is 5.01 Å². The van der Waals surface area contributed by atoms with Gasteiger partial charge in [0.1, 0.15) is 12.1 Å². The number of allylic oxidation sites excluding steroid dienone is 2. The van der Waals surface area contributed by atoms with Crippen molar-refractivity contribution in [2.75, 3.05) is 5.01 Å². The molecule has 0 radical (unpaired) electrons. The van der Waals surface area contributed by atoms with Crippen molar-refractivity contribution < 1.29 is 9.90 Å². The number of aliphatic carboxylic acids is 1. The van der Waals surface area contributed by atoms with E-state index in [-0.39, 0.29) is 23.4 Å². The molecule has 1 aromatic rings. The van der Waals surface area contributed by atoms with E-state index in [0.29, 0.717) is 5.69 Å². The van der Waals surface area contributed by atoms with Crippen LogP contribution in [0.2, 0.25) is 0 Å². The molecule has 1 N–H and O–H groups in total. The van der Waals surface area contributed by atoms with Crippen LogP contribution in [0.25, 0.3) is 0 Å². The van der Waals surface area contributed by atoms with Gasteiger partial charge in [-0.15, -0.1) is 0 Å². The SMILES string of the molecule is N#CC(C#N)=C1CC(C(=O)O)=NN1c1ccccc1. The maximum Gasteiger partial charge on any atom is 0.352 e. The predicted octanol–water partition coefficient (Wildman–Crippen LogP) is 1.64. The topological polar surface area (TPSA) is 100 Å². The van der Waals surface area contributed by atoms with E-state index in [1.807, 2.05) is 0 Å². The molecule has 6 nitrogen and oxygen atoms in total. The van der Waals surface area contributed by atoms with E-state index in [0.717, 1.165) is 0 Å². The van der Waals surface area contributed by atoms with Gasteiger partial charge >= 0.3 is 5.97 Å².